The summed E-state index contributed by atoms with van der Waals surface area (Å²) < 4.78 is 1.80. The zero-order valence-electron chi connectivity index (χ0n) is 12.5. The normalized spacial score (nSPS) is 17.8. The van der Waals surface area contributed by atoms with Gasteiger partial charge < -0.3 is 5.32 Å². The predicted molar refractivity (Wildman–Crippen MR) is 84.0 cm³/mol. The maximum Gasteiger partial charge on any atom is 0.261 e. The molecule has 1 aromatic heterocycles. The van der Waals surface area contributed by atoms with Crippen LogP contribution in [-0.4, -0.2) is 21.5 Å². The van der Waals surface area contributed by atoms with Crippen molar-refractivity contribution >= 4 is 16.8 Å². The van der Waals surface area contributed by atoms with E-state index in [0.717, 1.165) is 50.9 Å². The van der Waals surface area contributed by atoms with E-state index in [4.69, 9.17) is 0 Å². The number of carbonyl (C=O) groups excluding carboxylic acids is 1. The second-order valence-corrected chi connectivity index (χ2v) is 6.28. The Hall–Kier alpha value is -2.17. The summed E-state index contributed by atoms with van der Waals surface area (Å²) in [5, 5.41) is 3.58. The molecule has 0 atom stereocenters. The molecule has 5 nitrogen and oxygen atoms in total. The Bertz CT molecular complexity index is 805. The Morgan fingerprint density at radius 2 is 2.09 bits per heavy atom. The molecule has 0 bridgehead atoms. The Morgan fingerprint density at radius 3 is 2.91 bits per heavy atom. The number of hydrogen-bond acceptors (Lipinski definition) is 3. The molecule has 2 aliphatic rings. The maximum atomic E-state index is 12.6. The van der Waals surface area contributed by atoms with Gasteiger partial charge in [0.1, 0.15) is 5.82 Å². The largest absolute Gasteiger partial charge is 0.349 e. The molecule has 2 heterocycles. The van der Waals surface area contributed by atoms with Gasteiger partial charge in [0, 0.05) is 24.6 Å². The van der Waals surface area contributed by atoms with Crippen LogP contribution in [0.15, 0.2) is 23.0 Å². The van der Waals surface area contributed by atoms with Crippen molar-refractivity contribution in [3.05, 3.63) is 39.9 Å². The first-order valence-electron chi connectivity index (χ1n) is 8.07. The first kappa shape index (κ1) is 13.5. The number of benzene rings is 1. The van der Waals surface area contributed by atoms with E-state index < -0.39 is 0 Å². The van der Waals surface area contributed by atoms with Gasteiger partial charge in [0.15, 0.2) is 0 Å². The van der Waals surface area contributed by atoms with E-state index in [9.17, 15) is 9.59 Å². The molecule has 1 aliphatic carbocycles. The molecule has 1 aromatic carbocycles. The fraction of sp³-hybridized carbons (Fsp3) is 0.471. The molecule has 1 aliphatic heterocycles. The number of carbonyl (C=O) groups is 1. The lowest BCUT2D eigenvalue weighted by molar-refractivity contribution is 0.0951. The molecule has 22 heavy (non-hydrogen) atoms. The average molecular weight is 297 g/mol. The number of nitrogens with one attached hydrogen (secondary N) is 1. The molecule has 0 radical (unpaired) electrons. The van der Waals surface area contributed by atoms with Gasteiger partial charge in [-0.05, 0) is 43.9 Å². The molecule has 1 saturated carbocycles. The fourth-order valence-corrected chi connectivity index (χ4v) is 3.06. The van der Waals surface area contributed by atoms with Crippen LogP contribution >= 0.6 is 0 Å². The van der Waals surface area contributed by atoms with Crippen LogP contribution in [0.3, 0.4) is 0 Å². The lowest BCUT2D eigenvalue weighted by atomic mass is 10.1. The molecule has 2 aromatic rings. The number of aromatic nitrogens is 2. The molecular formula is C17H19N3O2. The second kappa shape index (κ2) is 5.23. The number of rotatable bonds is 2. The number of nitrogens with zero attached hydrogens (tertiary/aromatic N) is 2. The van der Waals surface area contributed by atoms with E-state index in [1.165, 1.54) is 0 Å². The van der Waals surface area contributed by atoms with E-state index in [-0.39, 0.29) is 11.5 Å². The third-order valence-corrected chi connectivity index (χ3v) is 4.49. The summed E-state index contributed by atoms with van der Waals surface area (Å²) in [6.45, 7) is 0.751. The molecule has 1 amide bonds. The Labute approximate surface area is 128 Å². The molecule has 114 valence electrons. The van der Waals surface area contributed by atoms with Crippen LogP contribution in [0.1, 0.15) is 48.3 Å². The summed E-state index contributed by atoms with van der Waals surface area (Å²) in [4.78, 5) is 29.4. The van der Waals surface area contributed by atoms with Gasteiger partial charge in [-0.1, -0.05) is 6.42 Å². The van der Waals surface area contributed by atoms with E-state index in [2.05, 4.69) is 10.3 Å². The molecular weight excluding hydrogens is 278 g/mol. The van der Waals surface area contributed by atoms with Crippen molar-refractivity contribution in [3.8, 4) is 0 Å². The summed E-state index contributed by atoms with van der Waals surface area (Å²) in [7, 11) is 0. The lowest BCUT2D eigenvalue weighted by Crippen LogP contribution is -2.26. The van der Waals surface area contributed by atoms with E-state index in [1.54, 1.807) is 22.8 Å². The summed E-state index contributed by atoms with van der Waals surface area (Å²) in [6, 6.07) is 5.55. The van der Waals surface area contributed by atoms with Crippen LogP contribution in [0.5, 0.6) is 0 Å². The van der Waals surface area contributed by atoms with Gasteiger partial charge in [0.2, 0.25) is 0 Å². The van der Waals surface area contributed by atoms with E-state index in [1.807, 2.05) is 0 Å². The van der Waals surface area contributed by atoms with Gasteiger partial charge >= 0.3 is 0 Å². The van der Waals surface area contributed by atoms with Gasteiger partial charge in [-0.2, -0.15) is 0 Å². The van der Waals surface area contributed by atoms with E-state index >= 15 is 0 Å². The van der Waals surface area contributed by atoms with Crippen LogP contribution in [0.2, 0.25) is 0 Å². The summed E-state index contributed by atoms with van der Waals surface area (Å²) in [6.07, 6.45) is 6.19. The topological polar surface area (TPSA) is 64.0 Å². The van der Waals surface area contributed by atoms with Crippen molar-refractivity contribution in [3.63, 3.8) is 0 Å². The quantitative estimate of drug-likeness (QED) is 0.922. The van der Waals surface area contributed by atoms with Crippen molar-refractivity contribution in [2.45, 2.75) is 51.1 Å². The molecule has 0 saturated heterocycles. The van der Waals surface area contributed by atoms with Gasteiger partial charge in [-0.3, -0.25) is 14.2 Å². The molecule has 5 heteroatoms. The first-order chi connectivity index (χ1) is 10.7. The highest BCUT2D eigenvalue weighted by molar-refractivity contribution is 5.97. The van der Waals surface area contributed by atoms with Crippen LogP contribution in [0.25, 0.3) is 10.9 Å². The lowest BCUT2D eigenvalue weighted by Gasteiger charge is -2.11. The summed E-state index contributed by atoms with van der Waals surface area (Å²) >= 11 is 0. The molecule has 1 fully saturated rings. The minimum Gasteiger partial charge on any atom is -0.349 e. The van der Waals surface area contributed by atoms with Gasteiger partial charge in [-0.15, -0.1) is 0 Å². The van der Waals surface area contributed by atoms with Crippen molar-refractivity contribution in [2.75, 3.05) is 0 Å². The third kappa shape index (κ3) is 2.40. The van der Waals surface area contributed by atoms with Crippen LogP contribution in [-0.2, 0) is 13.0 Å². The van der Waals surface area contributed by atoms with Crippen molar-refractivity contribution in [1.82, 2.24) is 14.9 Å². The second-order valence-electron chi connectivity index (χ2n) is 6.28. The SMILES string of the molecule is O=C(NC1CC1)c1ccc2c(=O)n3c(nc2c1)CCCCC3. The molecule has 0 unspecified atom stereocenters. The van der Waals surface area contributed by atoms with Crippen molar-refractivity contribution in [2.24, 2.45) is 0 Å². The third-order valence-electron chi connectivity index (χ3n) is 4.49. The first-order valence-corrected chi connectivity index (χ1v) is 8.07. The number of amides is 1. The number of aryl methyl sites for hydroxylation is 1. The van der Waals surface area contributed by atoms with Crippen molar-refractivity contribution < 1.29 is 4.79 Å². The molecule has 4 rings (SSSR count). The van der Waals surface area contributed by atoms with E-state index in [0.29, 0.717) is 22.5 Å². The molecule has 1 N–H and O–H groups in total. The zero-order chi connectivity index (χ0) is 15.1. The highest BCUT2D eigenvalue weighted by Crippen LogP contribution is 2.20. The Kier molecular flexibility index (Phi) is 3.21. The summed E-state index contributed by atoms with van der Waals surface area (Å²) in [5.41, 5.74) is 1.25. The maximum absolute atomic E-state index is 12.6. The number of fused-ring (bicyclic) bond motifs is 2. The smallest absolute Gasteiger partial charge is 0.261 e. The van der Waals surface area contributed by atoms with Gasteiger partial charge in [-0.25, -0.2) is 4.98 Å². The highest BCUT2D eigenvalue weighted by Gasteiger charge is 2.24. The predicted octanol–water partition coefficient (Wildman–Crippen LogP) is 2.02. The standard InChI is InChI=1S/C17H19N3O2/c21-16(18-12-6-7-12)11-5-8-13-14(10-11)19-15-4-2-1-3-9-20(15)17(13)22/h5,8,10,12H,1-4,6-7,9H2,(H,18,21). The Balaban J connectivity index is 1.79. The zero-order valence-corrected chi connectivity index (χ0v) is 12.5. The van der Waals surface area contributed by atoms with Crippen LogP contribution < -0.4 is 10.9 Å². The van der Waals surface area contributed by atoms with Gasteiger partial charge in [0.25, 0.3) is 11.5 Å². The molecule has 0 spiro atoms. The monoisotopic (exact) mass is 297 g/mol. The fourth-order valence-electron chi connectivity index (χ4n) is 3.06. The number of hydrogen-bond donors (Lipinski definition) is 1. The Morgan fingerprint density at radius 1 is 1.23 bits per heavy atom. The minimum atomic E-state index is -0.0683. The highest BCUT2D eigenvalue weighted by atomic mass is 16.1. The van der Waals surface area contributed by atoms with Crippen molar-refractivity contribution in [1.29, 1.82) is 0 Å². The average Bonchev–Trinajstić information content (AvgIpc) is 3.33. The summed E-state index contributed by atoms with van der Waals surface area (Å²) in [5.74, 6) is 0.788. The van der Waals surface area contributed by atoms with Crippen LogP contribution in [0.4, 0.5) is 0 Å². The van der Waals surface area contributed by atoms with Crippen LogP contribution in [0, 0.1) is 0 Å². The van der Waals surface area contributed by atoms with Gasteiger partial charge in [0.05, 0.1) is 10.9 Å². The minimum absolute atomic E-state index is 0.0241.